The van der Waals surface area contributed by atoms with Crippen LogP contribution in [0.5, 0.6) is 0 Å². The number of amides is 2. The van der Waals surface area contributed by atoms with Crippen LogP contribution in [0.25, 0.3) is 0 Å². The molecular formula is C17H31N3O. The average Bonchev–Trinajstić information content (AvgIpc) is 3.36. The number of nitrogens with one attached hydrogen (secondary N) is 2. The first-order valence-corrected chi connectivity index (χ1v) is 8.92. The molecule has 2 saturated carbocycles. The van der Waals surface area contributed by atoms with Gasteiger partial charge >= 0.3 is 6.03 Å². The predicted octanol–water partition coefficient (Wildman–Crippen LogP) is 2.59. The van der Waals surface area contributed by atoms with Crippen LogP contribution in [0, 0.1) is 17.8 Å². The van der Waals surface area contributed by atoms with Crippen molar-refractivity contribution in [2.45, 2.75) is 64.5 Å². The van der Waals surface area contributed by atoms with Gasteiger partial charge in [-0.05, 0) is 76.7 Å². The molecule has 3 rings (SSSR count). The zero-order chi connectivity index (χ0) is 14.8. The summed E-state index contributed by atoms with van der Waals surface area (Å²) in [4.78, 5) is 14.7. The molecular weight excluding hydrogens is 262 g/mol. The van der Waals surface area contributed by atoms with E-state index in [0.717, 1.165) is 24.9 Å². The molecule has 4 nitrogen and oxygen atoms in total. The Morgan fingerprint density at radius 2 is 1.81 bits per heavy atom. The van der Waals surface area contributed by atoms with Gasteiger partial charge in [0.1, 0.15) is 0 Å². The number of likely N-dealkylation sites (tertiary alicyclic amines) is 1. The molecule has 3 aliphatic rings. The average molecular weight is 293 g/mol. The molecule has 2 N–H and O–H groups in total. The number of nitrogens with zero attached hydrogens (tertiary/aromatic N) is 1. The molecule has 0 unspecified atom stereocenters. The van der Waals surface area contributed by atoms with Crippen LogP contribution in [0.4, 0.5) is 4.79 Å². The van der Waals surface area contributed by atoms with Gasteiger partial charge in [0.25, 0.3) is 0 Å². The van der Waals surface area contributed by atoms with Crippen molar-refractivity contribution < 1.29 is 4.79 Å². The summed E-state index contributed by atoms with van der Waals surface area (Å²) in [5.74, 6) is 2.16. The van der Waals surface area contributed by atoms with Crippen molar-refractivity contribution >= 4 is 6.03 Å². The molecule has 0 radical (unpaired) electrons. The van der Waals surface area contributed by atoms with Gasteiger partial charge in [-0.1, -0.05) is 0 Å². The fourth-order valence-electron chi connectivity index (χ4n) is 3.70. The Hall–Kier alpha value is -0.770. The lowest BCUT2D eigenvalue weighted by molar-refractivity contribution is 0.139. The summed E-state index contributed by atoms with van der Waals surface area (Å²) < 4.78 is 0. The molecule has 1 aliphatic heterocycles. The van der Waals surface area contributed by atoms with E-state index < -0.39 is 0 Å². The maximum atomic E-state index is 12.1. The Morgan fingerprint density at radius 3 is 2.38 bits per heavy atom. The highest BCUT2D eigenvalue weighted by Crippen LogP contribution is 2.44. The third-order valence-electron chi connectivity index (χ3n) is 5.39. The van der Waals surface area contributed by atoms with Crippen molar-refractivity contribution in [2.24, 2.45) is 17.8 Å². The first-order chi connectivity index (χ1) is 10.1. The van der Waals surface area contributed by atoms with Crippen molar-refractivity contribution in [2.75, 3.05) is 19.6 Å². The van der Waals surface area contributed by atoms with Gasteiger partial charge < -0.3 is 15.5 Å². The SMILES string of the molecule is CC(C)N1CCC[C@H](CNC(=O)NC(C2CC2)C2CC2)C1. The van der Waals surface area contributed by atoms with E-state index in [1.54, 1.807) is 0 Å². The summed E-state index contributed by atoms with van der Waals surface area (Å²) in [6, 6.07) is 1.15. The number of urea groups is 1. The number of piperidine rings is 1. The summed E-state index contributed by atoms with van der Waals surface area (Å²) in [7, 11) is 0. The van der Waals surface area contributed by atoms with Gasteiger partial charge in [-0.2, -0.15) is 0 Å². The molecule has 2 aliphatic carbocycles. The maximum absolute atomic E-state index is 12.1. The second-order valence-corrected chi connectivity index (χ2v) is 7.65. The number of rotatable bonds is 6. The van der Waals surface area contributed by atoms with Crippen molar-refractivity contribution in [1.29, 1.82) is 0 Å². The van der Waals surface area contributed by atoms with Crippen LogP contribution in [-0.4, -0.2) is 42.6 Å². The van der Waals surface area contributed by atoms with Gasteiger partial charge in [0.15, 0.2) is 0 Å². The van der Waals surface area contributed by atoms with Crippen LogP contribution in [-0.2, 0) is 0 Å². The van der Waals surface area contributed by atoms with Gasteiger partial charge in [0.05, 0.1) is 0 Å². The second kappa shape index (κ2) is 6.55. The molecule has 0 spiro atoms. The second-order valence-electron chi connectivity index (χ2n) is 7.65. The van der Waals surface area contributed by atoms with Crippen LogP contribution in [0.2, 0.25) is 0 Å². The standard InChI is InChI=1S/C17H31N3O/c1-12(2)20-9-3-4-13(11-20)10-18-17(21)19-16(14-5-6-14)15-7-8-15/h12-16H,3-11H2,1-2H3,(H2,18,19,21)/t13-/m1/s1. The minimum atomic E-state index is 0.0699. The van der Waals surface area contributed by atoms with Gasteiger partial charge in [-0.25, -0.2) is 4.79 Å². The Labute approximate surface area is 129 Å². The molecule has 1 atom stereocenters. The largest absolute Gasteiger partial charge is 0.338 e. The van der Waals surface area contributed by atoms with E-state index in [9.17, 15) is 4.79 Å². The first-order valence-electron chi connectivity index (χ1n) is 8.92. The quantitative estimate of drug-likeness (QED) is 0.790. The summed E-state index contributed by atoms with van der Waals surface area (Å²) >= 11 is 0. The van der Waals surface area contributed by atoms with Gasteiger partial charge in [0, 0.05) is 25.2 Å². The van der Waals surface area contributed by atoms with E-state index in [-0.39, 0.29) is 6.03 Å². The Bertz CT molecular complexity index is 351. The smallest absolute Gasteiger partial charge is 0.315 e. The lowest BCUT2D eigenvalue weighted by atomic mass is 9.97. The van der Waals surface area contributed by atoms with Crippen molar-refractivity contribution in [3.05, 3.63) is 0 Å². The molecule has 4 heteroatoms. The first kappa shape index (κ1) is 15.1. The topological polar surface area (TPSA) is 44.4 Å². The van der Waals surface area contributed by atoms with Crippen LogP contribution >= 0.6 is 0 Å². The molecule has 2 amide bonds. The number of hydrogen-bond donors (Lipinski definition) is 2. The van der Waals surface area contributed by atoms with Gasteiger partial charge in [-0.3, -0.25) is 0 Å². The van der Waals surface area contributed by atoms with E-state index in [1.807, 2.05) is 0 Å². The third-order valence-corrected chi connectivity index (χ3v) is 5.39. The van der Waals surface area contributed by atoms with E-state index in [4.69, 9.17) is 0 Å². The van der Waals surface area contributed by atoms with Gasteiger partial charge in [-0.15, -0.1) is 0 Å². The zero-order valence-corrected chi connectivity index (χ0v) is 13.6. The highest BCUT2D eigenvalue weighted by atomic mass is 16.2. The molecule has 1 saturated heterocycles. The van der Waals surface area contributed by atoms with E-state index in [0.29, 0.717) is 18.0 Å². The van der Waals surface area contributed by atoms with E-state index in [2.05, 4.69) is 29.4 Å². The molecule has 3 fully saturated rings. The predicted molar refractivity (Wildman–Crippen MR) is 85.2 cm³/mol. The summed E-state index contributed by atoms with van der Waals surface area (Å²) in [5.41, 5.74) is 0. The summed E-state index contributed by atoms with van der Waals surface area (Å²) in [6.45, 7) is 7.70. The highest BCUT2D eigenvalue weighted by Gasteiger charge is 2.42. The lowest BCUT2D eigenvalue weighted by Crippen LogP contribution is -2.48. The lowest BCUT2D eigenvalue weighted by Gasteiger charge is -2.35. The fraction of sp³-hybridized carbons (Fsp3) is 0.941. The molecule has 0 aromatic rings. The normalized spacial score (nSPS) is 27.1. The molecule has 0 aromatic heterocycles. The van der Waals surface area contributed by atoms with Crippen molar-refractivity contribution in [3.8, 4) is 0 Å². The number of hydrogen-bond acceptors (Lipinski definition) is 2. The number of carbonyl (C=O) groups is 1. The summed E-state index contributed by atoms with van der Waals surface area (Å²) in [6.07, 6.45) is 7.76. The minimum Gasteiger partial charge on any atom is -0.338 e. The molecule has 21 heavy (non-hydrogen) atoms. The van der Waals surface area contributed by atoms with Crippen molar-refractivity contribution in [3.63, 3.8) is 0 Å². The van der Waals surface area contributed by atoms with Crippen LogP contribution in [0.1, 0.15) is 52.4 Å². The van der Waals surface area contributed by atoms with E-state index >= 15 is 0 Å². The zero-order valence-electron chi connectivity index (χ0n) is 13.6. The summed E-state index contributed by atoms with van der Waals surface area (Å²) in [5, 5.41) is 6.38. The van der Waals surface area contributed by atoms with Crippen LogP contribution in [0.15, 0.2) is 0 Å². The minimum absolute atomic E-state index is 0.0699. The van der Waals surface area contributed by atoms with Gasteiger partial charge in [0.2, 0.25) is 0 Å². The van der Waals surface area contributed by atoms with E-state index in [1.165, 1.54) is 45.1 Å². The monoisotopic (exact) mass is 293 g/mol. The van der Waals surface area contributed by atoms with Crippen LogP contribution < -0.4 is 10.6 Å². The fourth-order valence-corrected chi connectivity index (χ4v) is 3.70. The Balaban J connectivity index is 1.38. The Morgan fingerprint density at radius 1 is 1.14 bits per heavy atom. The molecule has 0 aromatic carbocycles. The molecule has 120 valence electrons. The maximum Gasteiger partial charge on any atom is 0.315 e. The molecule has 0 bridgehead atoms. The third kappa shape index (κ3) is 4.35. The highest BCUT2D eigenvalue weighted by molar-refractivity contribution is 5.74. The Kier molecular flexibility index (Phi) is 4.72. The van der Waals surface area contributed by atoms with Crippen LogP contribution in [0.3, 0.4) is 0 Å². The van der Waals surface area contributed by atoms with Crippen molar-refractivity contribution in [1.82, 2.24) is 15.5 Å². The number of carbonyl (C=O) groups excluding carboxylic acids is 1. The molecule has 1 heterocycles.